The fourth-order valence-electron chi connectivity index (χ4n) is 6.21. The number of Topliss-reactive ketones (excluding diaryl/α,β-unsaturated/α-hetero) is 1. The number of hydrogen-bond donors (Lipinski definition) is 0. The first-order valence-corrected chi connectivity index (χ1v) is 15.4. The molecule has 1 aliphatic heterocycles. The number of benzene rings is 3. The van der Waals surface area contributed by atoms with Gasteiger partial charge >= 0.3 is 6.18 Å². The summed E-state index contributed by atoms with van der Waals surface area (Å²) in [5.74, 6) is 1.99. The zero-order valence-corrected chi connectivity index (χ0v) is 24.8. The molecule has 2 aliphatic rings. The minimum atomic E-state index is -4.40. The summed E-state index contributed by atoms with van der Waals surface area (Å²) in [6.07, 6.45) is 4.78. The van der Waals surface area contributed by atoms with E-state index >= 15 is 0 Å². The Balaban J connectivity index is 1.01. The molecule has 1 saturated carbocycles. The number of aryl methyl sites for hydroxylation is 1. The van der Waals surface area contributed by atoms with E-state index in [-0.39, 0.29) is 17.4 Å². The molecule has 230 valence electrons. The van der Waals surface area contributed by atoms with E-state index in [1.807, 2.05) is 28.6 Å². The Hall–Kier alpha value is -4.14. The van der Waals surface area contributed by atoms with Crippen molar-refractivity contribution in [3.05, 3.63) is 89.1 Å². The van der Waals surface area contributed by atoms with E-state index in [0.717, 1.165) is 65.9 Å². The van der Waals surface area contributed by atoms with E-state index < -0.39 is 11.7 Å². The average molecular weight is 604 g/mol. The number of nitrogens with zero attached hydrogens (tertiary/aromatic N) is 3. The molecule has 2 fully saturated rings. The summed E-state index contributed by atoms with van der Waals surface area (Å²) in [6, 6.07) is 15.0. The van der Waals surface area contributed by atoms with Crippen LogP contribution in [0.2, 0.25) is 0 Å². The fraction of sp³-hybridized carbons (Fsp3) is 0.400. The highest BCUT2D eigenvalue weighted by Gasteiger charge is 2.30. The summed E-state index contributed by atoms with van der Waals surface area (Å²) in [5.41, 5.74) is 2.51. The van der Waals surface area contributed by atoms with Crippen LogP contribution in [0.15, 0.2) is 66.9 Å². The quantitative estimate of drug-likeness (QED) is 0.180. The summed E-state index contributed by atoms with van der Waals surface area (Å²) >= 11 is 0. The monoisotopic (exact) mass is 603 g/mol. The molecule has 0 spiro atoms. The van der Waals surface area contributed by atoms with Crippen molar-refractivity contribution < 1.29 is 27.5 Å². The van der Waals surface area contributed by atoms with E-state index in [4.69, 9.17) is 9.84 Å². The molecule has 6 rings (SSSR count). The Morgan fingerprint density at radius 1 is 0.886 bits per heavy atom. The van der Waals surface area contributed by atoms with E-state index in [1.54, 1.807) is 24.3 Å². The number of fused-ring (bicyclic) bond motifs is 1. The second-order valence-electron chi connectivity index (χ2n) is 12.2. The van der Waals surface area contributed by atoms with Gasteiger partial charge in [-0.05, 0) is 104 Å². The molecule has 1 aliphatic carbocycles. The smallest absolute Gasteiger partial charge is 0.416 e. The third-order valence-corrected chi connectivity index (χ3v) is 9.18. The molecule has 4 aromatic rings. The van der Waals surface area contributed by atoms with Crippen LogP contribution in [-0.4, -0.2) is 39.5 Å². The van der Waals surface area contributed by atoms with Gasteiger partial charge < -0.3 is 9.64 Å². The lowest BCUT2D eigenvalue weighted by Gasteiger charge is -2.32. The highest BCUT2D eigenvalue weighted by Crippen LogP contribution is 2.33. The summed E-state index contributed by atoms with van der Waals surface area (Å²) in [6.45, 7) is 4.07. The largest absolute Gasteiger partial charge is 0.457 e. The number of aromatic nitrogens is 2. The molecule has 44 heavy (non-hydrogen) atoms. The van der Waals surface area contributed by atoms with Crippen molar-refractivity contribution in [1.82, 2.24) is 14.7 Å². The number of alkyl halides is 3. The lowest BCUT2D eigenvalue weighted by molar-refractivity contribution is -0.137. The van der Waals surface area contributed by atoms with E-state index in [1.165, 1.54) is 31.4 Å². The summed E-state index contributed by atoms with van der Waals surface area (Å²) in [4.78, 5) is 27.9. The van der Waals surface area contributed by atoms with Gasteiger partial charge in [-0.25, -0.2) is 0 Å². The highest BCUT2D eigenvalue weighted by atomic mass is 19.4. The fourth-order valence-corrected chi connectivity index (χ4v) is 6.21. The third-order valence-electron chi connectivity index (χ3n) is 9.18. The van der Waals surface area contributed by atoms with Gasteiger partial charge in [0.25, 0.3) is 5.91 Å². The van der Waals surface area contributed by atoms with Crippen LogP contribution in [0, 0.1) is 18.8 Å². The molecule has 0 bridgehead atoms. The zero-order valence-electron chi connectivity index (χ0n) is 24.8. The standard InChI is InChI=1S/C35H36F3N3O3/c1-23-30(33(42)16-5-24-3-2-4-24)14-15-32-31(23)22-41(39-32)21-25-17-19-40(20-18-25)34(43)26-6-10-28(11-7-26)44-29-12-8-27(9-13-29)35(36,37)38/h6-15,22,24-25H,2-5,16-21H2,1H3. The Morgan fingerprint density at radius 3 is 2.16 bits per heavy atom. The third kappa shape index (κ3) is 6.66. The van der Waals surface area contributed by atoms with Crippen molar-refractivity contribution in [3.63, 3.8) is 0 Å². The first-order chi connectivity index (χ1) is 21.1. The summed E-state index contributed by atoms with van der Waals surface area (Å²) < 4.78 is 46.0. The van der Waals surface area contributed by atoms with Crippen LogP contribution in [0.4, 0.5) is 13.2 Å². The number of piperidine rings is 1. The normalized spacial score (nSPS) is 16.2. The predicted molar refractivity (Wildman–Crippen MR) is 162 cm³/mol. The van der Waals surface area contributed by atoms with E-state index in [9.17, 15) is 22.8 Å². The van der Waals surface area contributed by atoms with Crippen LogP contribution < -0.4 is 4.74 Å². The van der Waals surface area contributed by atoms with E-state index in [2.05, 4.69) is 6.20 Å². The molecule has 1 aromatic heterocycles. The van der Waals surface area contributed by atoms with Gasteiger partial charge in [0.05, 0.1) is 11.1 Å². The maximum absolute atomic E-state index is 13.1. The first-order valence-electron chi connectivity index (χ1n) is 15.4. The number of rotatable bonds is 9. The van der Waals surface area contributed by atoms with Gasteiger partial charge in [0, 0.05) is 48.8 Å². The molecular formula is C35H36F3N3O3. The maximum atomic E-state index is 13.1. The van der Waals surface area contributed by atoms with Gasteiger partial charge in [0.15, 0.2) is 5.78 Å². The number of ether oxygens (including phenoxy) is 1. The number of ketones is 1. The van der Waals surface area contributed by atoms with E-state index in [0.29, 0.717) is 36.7 Å². The SMILES string of the molecule is Cc1c(C(=O)CCC2CCC2)ccc2nn(CC3CCN(C(=O)c4ccc(Oc5ccc(C(F)(F)F)cc5)cc4)CC3)cc12. The molecule has 0 unspecified atom stereocenters. The minimum Gasteiger partial charge on any atom is -0.457 e. The van der Waals surface area contributed by atoms with Crippen LogP contribution >= 0.6 is 0 Å². The van der Waals surface area contributed by atoms with Crippen molar-refractivity contribution >= 4 is 22.6 Å². The Labute approximate surface area is 254 Å². The molecule has 1 amide bonds. The number of hydrogen-bond acceptors (Lipinski definition) is 4. The lowest BCUT2D eigenvalue weighted by Crippen LogP contribution is -2.39. The molecule has 0 radical (unpaired) electrons. The van der Waals surface area contributed by atoms with Crippen molar-refractivity contribution in [1.29, 1.82) is 0 Å². The number of likely N-dealkylation sites (tertiary alicyclic amines) is 1. The van der Waals surface area contributed by atoms with Gasteiger partial charge in [-0.3, -0.25) is 14.3 Å². The molecule has 0 N–H and O–H groups in total. The van der Waals surface area contributed by atoms with Crippen LogP contribution in [0.5, 0.6) is 11.5 Å². The number of halogens is 3. The van der Waals surface area contributed by atoms with Crippen molar-refractivity contribution in [2.45, 2.75) is 64.6 Å². The van der Waals surface area contributed by atoms with Crippen LogP contribution in [0.1, 0.15) is 76.8 Å². The Kier molecular flexibility index (Phi) is 8.47. The molecule has 9 heteroatoms. The second kappa shape index (κ2) is 12.5. The van der Waals surface area contributed by atoms with Crippen LogP contribution in [0.3, 0.4) is 0 Å². The van der Waals surface area contributed by atoms with Gasteiger partial charge in [-0.15, -0.1) is 0 Å². The average Bonchev–Trinajstić information content (AvgIpc) is 3.40. The molecule has 0 atom stereocenters. The predicted octanol–water partition coefficient (Wildman–Crippen LogP) is 8.47. The van der Waals surface area contributed by atoms with Crippen LogP contribution in [-0.2, 0) is 12.7 Å². The topological polar surface area (TPSA) is 64.4 Å². The molecule has 6 nitrogen and oxygen atoms in total. The molecule has 2 heterocycles. The van der Waals surface area contributed by atoms with Crippen molar-refractivity contribution in [2.24, 2.45) is 11.8 Å². The van der Waals surface area contributed by atoms with Gasteiger partial charge in [0.1, 0.15) is 11.5 Å². The minimum absolute atomic E-state index is 0.0560. The lowest BCUT2D eigenvalue weighted by atomic mass is 9.81. The van der Waals surface area contributed by atoms with Crippen LogP contribution in [0.25, 0.3) is 10.9 Å². The van der Waals surface area contributed by atoms with Gasteiger partial charge in [-0.1, -0.05) is 19.3 Å². The Bertz CT molecular complexity index is 1630. The Morgan fingerprint density at radius 2 is 1.55 bits per heavy atom. The highest BCUT2D eigenvalue weighted by molar-refractivity contribution is 6.01. The number of carbonyl (C=O) groups excluding carboxylic acids is 2. The number of carbonyl (C=O) groups is 2. The first kappa shape index (κ1) is 29.9. The van der Waals surface area contributed by atoms with Gasteiger partial charge in [0.2, 0.25) is 0 Å². The number of amides is 1. The zero-order chi connectivity index (χ0) is 30.8. The van der Waals surface area contributed by atoms with Crippen molar-refractivity contribution in [2.75, 3.05) is 13.1 Å². The second-order valence-corrected chi connectivity index (χ2v) is 12.2. The van der Waals surface area contributed by atoms with Gasteiger partial charge in [-0.2, -0.15) is 18.3 Å². The molecular weight excluding hydrogens is 567 g/mol. The van der Waals surface area contributed by atoms with Crippen molar-refractivity contribution in [3.8, 4) is 11.5 Å². The molecule has 3 aromatic carbocycles. The summed E-state index contributed by atoms with van der Waals surface area (Å²) in [7, 11) is 0. The molecule has 1 saturated heterocycles. The summed E-state index contributed by atoms with van der Waals surface area (Å²) in [5, 5.41) is 5.81. The maximum Gasteiger partial charge on any atom is 0.416 e.